The Kier molecular flexibility index (Phi) is 7.88. The molecule has 1 fully saturated rings. The fourth-order valence-electron chi connectivity index (χ4n) is 5.17. The first-order valence-corrected chi connectivity index (χ1v) is 15.1. The molecule has 42 heavy (non-hydrogen) atoms. The van der Waals surface area contributed by atoms with Crippen molar-refractivity contribution < 1.29 is 14.3 Å². The predicted octanol–water partition coefficient (Wildman–Crippen LogP) is 7.08. The van der Waals surface area contributed by atoms with Crippen molar-refractivity contribution in [1.29, 1.82) is 0 Å². The molecule has 0 bridgehead atoms. The summed E-state index contributed by atoms with van der Waals surface area (Å²) in [4.78, 5) is 33.6. The molecule has 216 valence electrons. The number of amides is 1. The van der Waals surface area contributed by atoms with Crippen LogP contribution in [0, 0.1) is 0 Å². The standard InChI is InChI=1S/C32H34N6O3S/c1-32(2,3)41-31(39)38-15-7-10-23(19-38)36-30-33-14-13-27(37-30)28-29(34-20-42-28)40-25-11-6-8-21(17-25)16-24-18-22-9-4-5-12-26(22)35-24/h4-6,8-9,11-14,17,20,23H,7,10,15-16,18-19H2,1-3H3,(H,33,36,37)/t23-/m0/s1. The molecule has 10 heteroatoms. The van der Waals surface area contributed by atoms with E-state index in [4.69, 9.17) is 19.5 Å². The third-order valence-electron chi connectivity index (χ3n) is 7.02. The zero-order chi connectivity index (χ0) is 29.1. The topological polar surface area (TPSA) is 102 Å². The molecule has 0 aliphatic carbocycles. The van der Waals surface area contributed by atoms with Crippen molar-refractivity contribution in [3.05, 3.63) is 77.4 Å². The fourth-order valence-corrected chi connectivity index (χ4v) is 5.85. The summed E-state index contributed by atoms with van der Waals surface area (Å²) in [6.45, 7) is 6.85. The Balaban J connectivity index is 1.11. The number of benzene rings is 2. The third kappa shape index (κ3) is 6.76. The van der Waals surface area contributed by atoms with E-state index in [1.807, 2.05) is 51.1 Å². The van der Waals surface area contributed by atoms with E-state index in [1.54, 1.807) is 16.6 Å². The predicted molar refractivity (Wildman–Crippen MR) is 165 cm³/mol. The lowest BCUT2D eigenvalue weighted by Gasteiger charge is -2.34. The molecule has 0 saturated carbocycles. The maximum Gasteiger partial charge on any atom is 0.410 e. The Hall–Kier alpha value is -4.31. The van der Waals surface area contributed by atoms with Crippen LogP contribution in [0.25, 0.3) is 10.6 Å². The monoisotopic (exact) mass is 582 g/mol. The van der Waals surface area contributed by atoms with Crippen LogP contribution in [0.3, 0.4) is 0 Å². The number of nitrogens with one attached hydrogen (secondary N) is 1. The second-order valence-electron chi connectivity index (χ2n) is 11.6. The van der Waals surface area contributed by atoms with Gasteiger partial charge in [-0.2, -0.15) is 0 Å². The van der Waals surface area contributed by atoms with E-state index in [-0.39, 0.29) is 12.1 Å². The summed E-state index contributed by atoms with van der Waals surface area (Å²) in [6.07, 6.45) is 4.87. The summed E-state index contributed by atoms with van der Waals surface area (Å²) in [5.41, 5.74) is 6.58. The fraction of sp³-hybridized carbons (Fsp3) is 0.344. The lowest BCUT2D eigenvalue weighted by Crippen LogP contribution is -2.47. The number of thiazole rings is 1. The van der Waals surface area contributed by atoms with Gasteiger partial charge in [-0.25, -0.2) is 19.7 Å². The Morgan fingerprint density at radius 1 is 1.12 bits per heavy atom. The van der Waals surface area contributed by atoms with E-state index >= 15 is 0 Å². The number of aromatic nitrogens is 3. The largest absolute Gasteiger partial charge is 0.444 e. The molecule has 4 heterocycles. The molecule has 0 radical (unpaired) electrons. The van der Waals surface area contributed by atoms with Gasteiger partial charge in [0.1, 0.15) is 16.2 Å². The molecular formula is C32H34N6O3S. The summed E-state index contributed by atoms with van der Waals surface area (Å²) in [5, 5.41) is 3.41. The molecule has 1 amide bonds. The summed E-state index contributed by atoms with van der Waals surface area (Å²) in [7, 11) is 0. The molecule has 1 N–H and O–H groups in total. The quantitative estimate of drug-likeness (QED) is 0.249. The molecule has 2 aromatic carbocycles. The Bertz CT molecular complexity index is 1610. The number of hydrogen-bond donors (Lipinski definition) is 1. The highest BCUT2D eigenvalue weighted by molar-refractivity contribution is 7.13. The summed E-state index contributed by atoms with van der Waals surface area (Å²) < 4.78 is 11.8. The number of ether oxygens (including phenoxy) is 2. The van der Waals surface area contributed by atoms with Crippen LogP contribution in [0.5, 0.6) is 11.6 Å². The van der Waals surface area contributed by atoms with Crippen molar-refractivity contribution >= 4 is 34.8 Å². The number of carbonyl (C=O) groups is 1. The molecule has 4 aromatic rings. The minimum absolute atomic E-state index is 0.0266. The number of aliphatic imine (C=N–C) groups is 1. The van der Waals surface area contributed by atoms with Gasteiger partial charge in [0.25, 0.3) is 0 Å². The van der Waals surface area contributed by atoms with Gasteiger partial charge in [-0.05, 0) is 69.0 Å². The molecule has 2 aliphatic heterocycles. The van der Waals surface area contributed by atoms with Gasteiger partial charge in [-0.3, -0.25) is 4.99 Å². The van der Waals surface area contributed by atoms with E-state index in [9.17, 15) is 4.79 Å². The third-order valence-corrected chi connectivity index (χ3v) is 7.85. The van der Waals surface area contributed by atoms with E-state index in [2.05, 4.69) is 39.6 Å². The van der Waals surface area contributed by atoms with E-state index in [0.717, 1.165) is 53.2 Å². The smallest absolute Gasteiger partial charge is 0.410 e. The average molecular weight is 583 g/mol. The van der Waals surface area contributed by atoms with Crippen LogP contribution < -0.4 is 10.1 Å². The lowest BCUT2D eigenvalue weighted by atomic mass is 10.0. The van der Waals surface area contributed by atoms with Crippen molar-refractivity contribution in [3.8, 4) is 22.2 Å². The second kappa shape index (κ2) is 11.9. The molecular weight excluding hydrogens is 548 g/mol. The first-order chi connectivity index (χ1) is 20.3. The second-order valence-corrected chi connectivity index (χ2v) is 12.4. The Labute approximate surface area is 249 Å². The maximum atomic E-state index is 12.6. The number of fused-ring (bicyclic) bond motifs is 1. The van der Waals surface area contributed by atoms with Crippen LogP contribution in [-0.4, -0.2) is 56.4 Å². The molecule has 0 spiro atoms. The minimum atomic E-state index is -0.526. The highest BCUT2D eigenvalue weighted by Gasteiger charge is 2.28. The van der Waals surface area contributed by atoms with Gasteiger partial charge in [0.15, 0.2) is 0 Å². The Morgan fingerprint density at radius 2 is 2.00 bits per heavy atom. The molecule has 2 aromatic heterocycles. The molecule has 2 aliphatic rings. The first-order valence-electron chi connectivity index (χ1n) is 14.2. The lowest BCUT2D eigenvalue weighted by molar-refractivity contribution is 0.0206. The zero-order valence-electron chi connectivity index (χ0n) is 24.0. The molecule has 1 saturated heterocycles. The number of para-hydroxylation sites is 1. The van der Waals surface area contributed by atoms with Crippen LogP contribution in [-0.2, 0) is 17.6 Å². The van der Waals surface area contributed by atoms with Crippen molar-refractivity contribution in [1.82, 2.24) is 19.9 Å². The van der Waals surface area contributed by atoms with Gasteiger partial charge in [0, 0.05) is 43.9 Å². The summed E-state index contributed by atoms with van der Waals surface area (Å²) >= 11 is 1.47. The van der Waals surface area contributed by atoms with Crippen LogP contribution in [0.4, 0.5) is 16.4 Å². The molecule has 6 rings (SSSR count). The molecule has 0 unspecified atom stereocenters. The van der Waals surface area contributed by atoms with E-state index < -0.39 is 5.60 Å². The highest BCUT2D eigenvalue weighted by atomic mass is 32.1. The van der Waals surface area contributed by atoms with E-state index in [1.165, 1.54) is 16.9 Å². The van der Waals surface area contributed by atoms with Gasteiger partial charge in [-0.1, -0.05) is 30.3 Å². The maximum absolute atomic E-state index is 12.6. The van der Waals surface area contributed by atoms with Crippen molar-refractivity contribution in [2.24, 2.45) is 4.99 Å². The van der Waals surface area contributed by atoms with Crippen molar-refractivity contribution in [3.63, 3.8) is 0 Å². The highest BCUT2D eigenvalue weighted by Crippen LogP contribution is 2.35. The number of likely N-dealkylation sites (tertiary alicyclic amines) is 1. The van der Waals surface area contributed by atoms with Gasteiger partial charge in [-0.15, -0.1) is 11.3 Å². The number of hydrogen-bond acceptors (Lipinski definition) is 9. The number of anilines is 1. The average Bonchev–Trinajstić information content (AvgIpc) is 3.59. The number of piperidine rings is 1. The normalized spacial score (nSPS) is 16.5. The SMILES string of the molecule is CC(C)(C)OC(=O)N1CCC[C@H](Nc2nccc(-c3scnc3Oc3cccc(CC4=Nc5ccccc5C4)c3)n2)C1. The molecule has 1 atom stereocenters. The molecule has 9 nitrogen and oxygen atoms in total. The number of rotatable bonds is 7. The Morgan fingerprint density at radius 3 is 2.86 bits per heavy atom. The van der Waals surface area contributed by atoms with Gasteiger partial charge in [0.2, 0.25) is 11.8 Å². The van der Waals surface area contributed by atoms with Crippen LogP contribution in [0.1, 0.15) is 44.7 Å². The van der Waals surface area contributed by atoms with Crippen LogP contribution in [0.2, 0.25) is 0 Å². The van der Waals surface area contributed by atoms with E-state index in [0.29, 0.717) is 30.7 Å². The minimum Gasteiger partial charge on any atom is -0.444 e. The number of carbonyl (C=O) groups excluding carboxylic acids is 1. The van der Waals surface area contributed by atoms with Gasteiger partial charge >= 0.3 is 6.09 Å². The summed E-state index contributed by atoms with van der Waals surface area (Å²) in [6, 6.07) is 18.2. The summed E-state index contributed by atoms with van der Waals surface area (Å²) in [5.74, 6) is 1.72. The van der Waals surface area contributed by atoms with Crippen molar-refractivity contribution in [2.45, 2.75) is 58.1 Å². The zero-order valence-corrected chi connectivity index (χ0v) is 24.9. The van der Waals surface area contributed by atoms with Crippen LogP contribution in [0.15, 0.2) is 71.3 Å². The van der Waals surface area contributed by atoms with Crippen molar-refractivity contribution in [2.75, 3.05) is 18.4 Å². The first kappa shape index (κ1) is 27.8. The van der Waals surface area contributed by atoms with Gasteiger partial charge in [0.05, 0.1) is 16.9 Å². The number of nitrogens with zero attached hydrogens (tertiary/aromatic N) is 5. The van der Waals surface area contributed by atoms with Crippen LogP contribution >= 0.6 is 11.3 Å². The van der Waals surface area contributed by atoms with Gasteiger partial charge < -0.3 is 19.7 Å².